The summed E-state index contributed by atoms with van der Waals surface area (Å²) in [5.41, 5.74) is 2.49. The van der Waals surface area contributed by atoms with Crippen molar-refractivity contribution >= 4 is 37.5 Å². The fourth-order valence-corrected chi connectivity index (χ4v) is 2.73. The third-order valence-corrected chi connectivity index (χ3v) is 3.62. The number of pyridine rings is 1. The first-order valence-corrected chi connectivity index (χ1v) is 6.99. The van der Waals surface area contributed by atoms with Gasteiger partial charge in [-0.15, -0.1) is 0 Å². The zero-order chi connectivity index (χ0) is 13.1. The molecule has 0 spiro atoms. The van der Waals surface area contributed by atoms with Crippen LogP contribution >= 0.6 is 31.9 Å². The zero-order valence-electron chi connectivity index (χ0n) is 9.74. The maximum absolute atomic E-state index is 9.70. The van der Waals surface area contributed by atoms with Crippen molar-refractivity contribution in [2.75, 3.05) is 5.32 Å². The molecule has 0 bridgehead atoms. The van der Waals surface area contributed by atoms with E-state index in [2.05, 4.69) is 42.2 Å². The number of rotatable bonds is 3. The van der Waals surface area contributed by atoms with Crippen LogP contribution in [0.2, 0.25) is 0 Å². The largest absolute Gasteiger partial charge is 0.506 e. The van der Waals surface area contributed by atoms with Crippen LogP contribution in [0.4, 0.5) is 5.69 Å². The molecule has 0 radical (unpaired) electrons. The van der Waals surface area contributed by atoms with E-state index in [1.807, 2.05) is 25.1 Å². The van der Waals surface area contributed by atoms with Crippen LogP contribution in [0.1, 0.15) is 11.4 Å². The lowest BCUT2D eigenvalue weighted by molar-refractivity contribution is 0.464. The Morgan fingerprint density at radius 2 is 2.00 bits per heavy atom. The maximum atomic E-state index is 9.70. The van der Waals surface area contributed by atoms with Gasteiger partial charge in [0.25, 0.3) is 0 Å². The van der Waals surface area contributed by atoms with E-state index in [0.717, 1.165) is 20.3 Å². The molecule has 0 atom stereocenters. The summed E-state index contributed by atoms with van der Waals surface area (Å²) in [4.78, 5) is 4.30. The first-order valence-electron chi connectivity index (χ1n) is 5.40. The number of hydrogen-bond donors (Lipinski definition) is 2. The fraction of sp³-hybridized carbons (Fsp3) is 0.154. The molecule has 0 aliphatic heterocycles. The van der Waals surface area contributed by atoms with E-state index in [9.17, 15) is 5.11 Å². The van der Waals surface area contributed by atoms with Crippen molar-refractivity contribution in [2.45, 2.75) is 13.5 Å². The van der Waals surface area contributed by atoms with Gasteiger partial charge in [0, 0.05) is 20.3 Å². The molecule has 3 nitrogen and oxygen atoms in total. The Morgan fingerprint density at radius 3 is 2.72 bits per heavy atom. The highest BCUT2D eigenvalue weighted by Gasteiger charge is 2.05. The molecular weight excluding hydrogens is 360 g/mol. The summed E-state index contributed by atoms with van der Waals surface area (Å²) >= 11 is 6.88. The predicted octanol–water partition coefficient (Wildman–Crippen LogP) is 4.23. The first-order chi connectivity index (χ1) is 8.56. The van der Waals surface area contributed by atoms with Gasteiger partial charge in [0.05, 0.1) is 6.54 Å². The first kappa shape index (κ1) is 13.4. The Labute approximate surface area is 123 Å². The van der Waals surface area contributed by atoms with Crippen molar-refractivity contribution in [2.24, 2.45) is 0 Å². The molecule has 0 fully saturated rings. The van der Waals surface area contributed by atoms with Gasteiger partial charge in [0.2, 0.25) is 0 Å². The minimum absolute atomic E-state index is 0.210. The second-order valence-corrected chi connectivity index (χ2v) is 5.67. The molecule has 2 rings (SSSR count). The number of aromatic hydroxyl groups is 1. The number of nitrogens with zero attached hydrogens (tertiary/aromatic N) is 1. The van der Waals surface area contributed by atoms with Crippen LogP contribution in [0, 0.1) is 6.92 Å². The lowest BCUT2D eigenvalue weighted by Crippen LogP contribution is -2.03. The Morgan fingerprint density at radius 1 is 1.22 bits per heavy atom. The SMILES string of the molecule is Cc1ccc(O)c(CNc2ccc(Br)cc2Br)n1. The molecule has 18 heavy (non-hydrogen) atoms. The van der Waals surface area contributed by atoms with E-state index >= 15 is 0 Å². The zero-order valence-corrected chi connectivity index (χ0v) is 12.9. The number of anilines is 1. The summed E-state index contributed by atoms with van der Waals surface area (Å²) < 4.78 is 1.97. The molecule has 1 aromatic carbocycles. The van der Waals surface area contributed by atoms with Gasteiger partial charge in [-0.2, -0.15) is 0 Å². The smallest absolute Gasteiger partial charge is 0.138 e. The third-order valence-electron chi connectivity index (χ3n) is 2.47. The number of benzene rings is 1. The van der Waals surface area contributed by atoms with E-state index in [-0.39, 0.29) is 5.75 Å². The van der Waals surface area contributed by atoms with Gasteiger partial charge >= 0.3 is 0 Å². The number of aryl methyl sites for hydroxylation is 1. The van der Waals surface area contributed by atoms with Crippen LogP contribution in [0.5, 0.6) is 5.75 Å². The van der Waals surface area contributed by atoms with E-state index in [1.165, 1.54) is 0 Å². The summed E-state index contributed by atoms with van der Waals surface area (Å²) in [6.45, 7) is 2.38. The summed E-state index contributed by atoms with van der Waals surface area (Å²) in [7, 11) is 0. The van der Waals surface area contributed by atoms with Gasteiger partial charge in [-0.3, -0.25) is 4.98 Å². The Balaban J connectivity index is 2.13. The molecule has 5 heteroatoms. The minimum Gasteiger partial charge on any atom is -0.506 e. The molecule has 2 N–H and O–H groups in total. The number of aromatic nitrogens is 1. The standard InChI is InChI=1S/C13H12Br2N2O/c1-8-2-5-13(18)12(17-8)7-16-11-4-3-9(14)6-10(11)15/h2-6,16,18H,7H2,1H3. The number of halogens is 2. The van der Waals surface area contributed by atoms with Crippen LogP contribution < -0.4 is 5.32 Å². The lowest BCUT2D eigenvalue weighted by atomic mass is 10.2. The summed E-state index contributed by atoms with van der Waals surface area (Å²) in [5.74, 6) is 0.210. The average molecular weight is 372 g/mol. The molecule has 0 saturated heterocycles. The van der Waals surface area contributed by atoms with Crippen LogP contribution in [0.15, 0.2) is 39.3 Å². The van der Waals surface area contributed by atoms with Crippen molar-refractivity contribution in [3.8, 4) is 5.75 Å². The molecule has 0 amide bonds. The quantitative estimate of drug-likeness (QED) is 0.848. The molecule has 0 saturated carbocycles. The Kier molecular flexibility index (Phi) is 4.24. The highest BCUT2D eigenvalue weighted by atomic mass is 79.9. The van der Waals surface area contributed by atoms with Crippen LogP contribution in [0.25, 0.3) is 0 Å². The van der Waals surface area contributed by atoms with Crippen LogP contribution in [-0.2, 0) is 6.54 Å². The highest BCUT2D eigenvalue weighted by Crippen LogP contribution is 2.27. The van der Waals surface area contributed by atoms with E-state index in [1.54, 1.807) is 12.1 Å². The Bertz CT molecular complexity index is 573. The molecule has 0 aliphatic rings. The minimum atomic E-state index is 0.210. The topological polar surface area (TPSA) is 45.1 Å². The summed E-state index contributed by atoms with van der Waals surface area (Å²) in [5, 5.41) is 12.9. The predicted molar refractivity (Wildman–Crippen MR) is 79.8 cm³/mol. The van der Waals surface area contributed by atoms with Crippen molar-refractivity contribution in [3.63, 3.8) is 0 Å². The van der Waals surface area contributed by atoms with E-state index in [4.69, 9.17) is 0 Å². The molecule has 1 aromatic heterocycles. The summed E-state index contributed by atoms with van der Waals surface area (Å²) in [6, 6.07) is 9.33. The third kappa shape index (κ3) is 3.23. The van der Waals surface area contributed by atoms with Crippen molar-refractivity contribution in [1.29, 1.82) is 0 Å². The van der Waals surface area contributed by atoms with Crippen LogP contribution in [-0.4, -0.2) is 10.1 Å². The fourth-order valence-electron chi connectivity index (χ4n) is 1.55. The normalized spacial score (nSPS) is 10.4. The maximum Gasteiger partial charge on any atom is 0.138 e. The van der Waals surface area contributed by atoms with E-state index < -0.39 is 0 Å². The molecule has 94 valence electrons. The van der Waals surface area contributed by atoms with Gasteiger partial charge < -0.3 is 10.4 Å². The van der Waals surface area contributed by atoms with Gasteiger partial charge in [-0.25, -0.2) is 0 Å². The van der Waals surface area contributed by atoms with Crippen molar-refractivity contribution in [3.05, 3.63) is 50.7 Å². The molecule has 0 aliphatic carbocycles. The second-order valence-electron chi connectivity index (χ2n) is 3.90. The number of hydrogen-bond acceptors (Lipinski definition) is 3. The molecule has 0 unspecified atom stereocenters. The van der Waals surface area contributed by atoms with Crippen molar-refractivity contribution in [1.82, 2.24) is 4.98 Å². The van der Waals surface area contributed by atoms with E-state index in [0.29, 0.717) is 12.2 Å². The molecule has 2 aromatic rings. The highest BCUT2D eigenvalue weighted by molar-refractivity contribution is 9.11. The van der Waals surface area contributed by atoms with Gasteiger partial charge in [-0.1, -0.05) is 15.9 Å². The van der Waals surface area contributed by atoms with Gasteiger partial charge in [-0.05, 0) is 53.2 Å². The number of nitrogens with one attached hydrogen (secondary N) is 1. The monoisotopic (exact) mass is 370 g/mol. The van der Waals surface area contributed by atoms with Gasteiger partial charge in [0.1, 0.15) is 11.4 Å². The molecule has 1 heterocycles. The van der Waals surface area contributed by atoms with Crippen LogP contribution in [0.3, 0.4) is 0 Å². The average Bonchev–Trinajstić information content (AvgIpc) is 2.32. The summed E-state index contributed by atoms with van der Waals surface area (Å²) in [6.07, 6.45) is 0. The molecular formula is C13H12Br2N2O. The Hall–Kier alpha value is -1.07. The lowest BCUT2D eigenvalue weighted by Gasteiger charge is -2.10. The second kappa shape index (κ2) is 5.71. The van der Waals surface area contributed by atoms with Gasteiger partial charge in [0.15, 0.2) is 0 Å². The van der Waals surface area contributed by atoms with Crippen molar-refractivity contribution < 1.29 is 5.11 Å².